The van der Waals surface area contributed by atoms with Gasteiger partial charge in [0.2, 0.25) is 0 Å². The second-order valence-corrected chi connectivity index (χ2v) is 32.6. The van der Waals surface area contributed by atoms with E-state index in [4.69, 9.17) is 71.1 Å². The van der Waals surface area contributed by atoms with Crippen LogP contribution in [0.2, 0.25) is 0 Å². The van der Waals surface area contributed by atoms with Gasteiger partial charge in [-0.15, -0.1) is 0 Å². The number of aliphatic hydroxyl groups excluding tert-OH is 21. The van der Waals surface area contributed by atoms with E-state index in [0.29, 0.717) is 38.5 Å². The van der Waals surface area contributed by atoms with Crippen molar-refractivity contribution >= 4 is 29.8 Å². The molecule has 5 aliphatic carbocycles. The average Bonchev–Trinajstić information content (AvgIpc) is 0.754. The van der Waals surface area contributed by atoms with Crippen LogP contribution in [0.3, 0.4) is 0 Å². The summed E-state index contributed by atoms with van der Waals surface area (Å²) in [4.78, 5) is 64.1. The van der Waals surface area contributed by atoms with Crippen molar-refractivity contribution in [3.05, 3.63) is 36.5 Å². The van der Waals surface area contributed by atoms with Crippen LogP contribution in [0.1, 0.15) is 110 Å². The van der Waals surface area contributed by atoms with Gasteiger partial charge in [-0.2, -0.15) is 0 Å². The zero-order valence-electron chi connectivity index (χ0n) is 63.9. The molecule has 6 heterocycles. The van der Waals surface area contributed by atoms with Gasteiger partial charge in [0.25, 0.3) is 0 Å². The lowest BCUT2D eigenvalue weighted by molar-refractivity contribution is -0.369. The molecule has 0 bridgehead atoms. The highest BCUT2D eigenvalue weighted by Crippen LogP contribution is 2.48. The molecule has 0 amide bonds. The fraction of sp³-hybridized carbons (Fsp3) is 0.853. The van der Waals surface area contributed by atoms with Crippen LogP contribution < -0.4 is 0 Å². The third-order valence-corrected chi connectivity index (χ3v) is 24.2. The van der Waals surface area contributed by atoms with Crippen LogP contribution in [0, 0.1) is 29.6 Å². The van der Waals surface area contributed by atoms with Crippen LogP contribution >= 0.6 is 0 Å². The van der Waals surface area contributed by atoms with Gasteiger partial charge in [0.15, 0.2) is 37.6 Å². The van der Waals surface area contributed by atoms with Crippen molar-refractivity contribution in [3.8, 4) is 0 Å². The van der Waals surface area contributed by atoms with Crippen molar-refractivity contribution in [3.63, 3.8) is 0 Å². The first-order valence-corrected chi connectivity index (χ1v) is 39.9. The second kappa shape index (κ2) is 41.6. The number of hydrogen-bond donors (Lipinski definition) is 22. The third-order valence-electron chi connectivity index (χ3n) is 24.2. The third kappa shape index (κ3) is 23.2. The largest absolute Gasteiger partial charge is 0.481 e. The number of carbonyl (C=O) groups is 5. The molecule has 39 atom stereocenters. The van der Waals surface area contributed by atoms with E-state index in [0.717, 1.165) is 18.2 Å². The molecule has 6 aliphatic heterocycles. The number of ether oxygens (including phenoxy) is 15. The quantitative estimate of drug-likeness (QED) is 0.0157. The molecule has 22 N–H and O–H groups in total. The molecule has 0 aromatic rings. The van der Waals surface area contributed by atoms with Crippen LogP contribution in [0.15, 0.2) is 36.5 Å². The van der Waals surface area contributed by atoms with Crippen LogP contribution in [0.5, 0.6) is 0 Å². The number of hydrogen-bond acceptors (Lipinski definition) is 41. The fourth-order valence-electron chi connectivity index (χ4n) is 17.3. The molecule has 11 fully saturated rings. The summed E-state index contributed by atoms with van der Waals surface area (Å²) in [7, 11) is 0. The minimum Gasteiger partial charge on any atom is -0.481 e. The first kappa shape index (κ1) is 93.0. The lowest BCUT2D eigenvalue weighted by atomic mass is 9.71. The van der Waals surface area contributed by atoms with Crippen LogP contribution in [-0.2, 0) is 95.0 Å². The van der Waals surface area contributed by atoms with Crippen molar-refractivity contribution in [2.75, 3.05) is 26.4 Å². The molecule has 666 valence electrons. The molecule has 0 aromatic heterocycles. The van der Waals surface area contributed by atoms with E-state index in [1.54, 1.807) is 6.08 Å². The number of aliphatic carboxylic acids is 1. The first-order chi connectivity index (χ1) is 55.5. The number of carboxylic acids is 1. The maximum Gasteiger partial charge on any atom is 0.330 e. The van der Waals surface area contributed by atoms with Crippen LogP contribution in [0.25, 0.3) is 0 Å². The van der Waals surface area contributed by atoms with Gasteiger partial charge in [0, 0.05) is 30.6 Å². The molecular formula is C75H114O42. The topological polar surface area (TPSA) is 669 Å². The van der Waals surface area contributed by atoms with E-state index in [1.165, 1.54) is 19.1 Å². The number of carbonyl (C=O) groups excluding carboxylic acids is 4. The summed E-state index contributed by atoms with van der Waals surface area (Å²) >= 11 is 0. The standard InChI is InChI=1S/C75H114O42/c1-28-68(117-74-66(101)59(94)55(90)45(24-76)112-74)70(116-52(87)15-6-29-2-9-33(77)10-3-29)67(102)75(106-28)111-44-22-35-40(20-34(78)21-41(35)108-71-63(98)60(95)58(93)48(113-71)27-105-53(88)23-49(83)84)107-69(44)32-18-42(109-72-64(99)61(96)56(91)46(114-72)25-103-50(85)13-7-30-4-11-36(79)38(81)16-30)54(89)43(19-32)110-73-65(100)62(97)57(92)47(115-73)26-104-51(86)14-8-31-5-12-37(80)39(82)17-31/h6-8,13-15,28-48,54-82,89-102H,2-5,9-12,16-27H2,1H3,(H,83,84)/t28-,29?,30?,31?,32?,33?,34?,35?,36?,37?,38?,39?,40?,41?,42?,43?,44?,45-,46-,47-,48-,54?,55-,56-,57-,58-,59-,60+,61+,62+,63-,64-,65-,66+,67-,68-,69?,70-,71-,72-,73-,74+,75-/m0/s1. The van der Waals surface area contributed by atoms with Crippen LogP contribution in [0.4, 0.5) is 0 Å². The molecule has 11 aliphatic rings. The van der Waals surface area contributed by atoms with E-state index in [1.807, 2.05) is 0 Å². The number of allylic oxidation sites excluding steroid dienone is 3. The smallest absolute Gasteiger partial charge is 0.330 e. The molecule has 11 rings (SSSR count). The highest BCUT2D eigenvalue weighted by Gasteiger charge is 2.59. The Kier molecular flexibility index (Phi) is 33.1. The Balaban J connectivity index is 0.924. The number of rotatable bonds is 27. The lowest BCUT2D eigenvalue weighted by Gasteiger charge is -2.54. The van der Waals surface area contributed by atoms with E-state index in [2.05, 4.69) is 0 Å². The lowest BCUT2D eigenvalue weighted by Crippen LogP contribution is -2.66. The molecular weight excluding hydrogens is 1570 g/mol. The van der Waals surface area contributed by atoms with Gasteiger partial charge in [0.1, 0.15) is 142 Å². The Hall–Kier alpha value is -4.71. The summed E-state index contributed by atoms with van der Waals surface area (Å²) in [6, 6.07) is 0. The van der Waals surface area contributed by atoms with E-state index in [-0.39, 0.29) is 62.7 Å². The number of aliphatic hydroxyl groups is 21. The highest BCUT2D eigenvalue weighted by atomic mass is 16.8. The summed E-state index contributed by atoms with van der Waals surface area (Å²) in [5, 5.41) is 243. The summed E-state index contributed by atoms with van der Waals surface area (Å²) in [6.45, 7) is -2.03. The van der Waals surface area contributed by atoms with Gasteiger partial charge in [-0.1, -0.05) is 18.2 Å². The van der Waals surface area contributed by atoms with Crippen molar-refractivity contribution in [1.82, 2.24) is 0 Å². The van der Waals surface area contributed by atoms with E-state index < -0.39 is 320 Å². The van der Waals surface area contributed by atoms with Crippen molar-refractivity contribution in [1.29, 1.82) is 0 Å². The zero-order chi connectivity index (χ0) is 84.7. The Labute approximate surface area is 670 Å². The molecule has 6 saturated heterocycles. The Bertz CT molecular complexity index is 3190. The average molecular weight is 1690 g/mol. The number of esters is 4. The molecule has 14 unspecified atom stereocenters. The Morgan fingerprint density at radius 2 is 0.778 bits per heavy atom. The molecule has 117 heavy (non-hydrogen) atoms. The fourth-order valence-corrected chi connectivity index (χ4v) is 17.3. The van der Waals surface area contributed by atoms with Gasteiger partial charge in [-0.25, -0.2) is 14.4 Å². The van der Waals surface area contributed by atoms with Gasteiger partial charge >= 0.3 is 29.8 Å². The zero-order valence-corrected chi connectivity index (χ0v) is 63.9. The van der Waals surface area contributed by atoms with E-state index in [9.17, 15) is 136 Å². The molecule has 42 heteroatoms. The second-order valence-electron chi connectivity index (χ2n) is 32.6. The Morgan fingerprint density at radius 1 is 0.359 bits per heavy atom. The summed E-state index contributed by atoms with van der Waals surface area (Å²) < 4.78 is 91.2. The molecule has 0 spiro atoms. The Morgan fingerprint density at radius 3 is 1.26 bits per heavy atom. The van der Waals surface area contributed by atoms with Crippen LogP contribution in [-0.4, -0.2) is 401 Å². The van der Waals surface area contributed by atoms with Gasteiger partial charge in [-0.05, 0) is 120 Å². The summed E-state index contributed by atoms with van der Waals surface area (Å²) in [5.74, 6) is -9.06. The maximum atomic E-state index is 14.1. The normalized spacial score (nSPS) is 47.6. The highest BCUT2D eigenvalue weighted by molar-refractivity contribution is 5.90. The predicted molar refractivity (Wildman–Crippen MR) is 378 cm³/mol. The van der Waals surface area contributed by atoms with Gasteiger partial charge in [0.05, 0.1) is 86.0 Å². The minimum atomic E-state index is -2.19. The van der Waals surface area contributed by atoms with Crippen molar-refractivity contribution in [2.24, 2.45) is 29.6 Å². The minimum absolute atomic E-state index is 0.127. The van der Waals surface area contributed by atoms with Gasteiger partial charge < -0.3 is 183 Å². The molecule has 5 saturated carbocycles. The van der Waals surface area contributed by atoms with Crippen molar-refractivity contribution < 1.29 is 207 Å². The van der Waals surface area contributed by atoms with E-state index >= 15 is 0 Å². The first-order valence-electron chi connectivity index (χ1n) is 39.9. The molecule has 42 nitrogen and oxygen atoms in total. The summed E-state index contributed by atoms with van der Waals surface area (Å²) in [6.07, 6.45) is -57.7. The SMILES string of the molecule is C[C@@H]1O[C@@H](OC2CC3C(CC(O)CC3O[C@H]3O[C@@H](COC(=O)CC(=O)O)[C@H](O)[C@@H](O)[C@@H]3O)OC2C2CC(O[C@H]3O[C@@H](COC(=O)C=CC4CCC(O)C(O)C4)[C@H](O)[C@@H](O)[C@@H]3O)C(O)C(O[C@H]3O[C@@H](COC(=O)C=CC4CCC(O)C(O)C4)[C@H](O)[C@@H](O)[C@@H]3O)C2)[C@@H](O)[C@H](OC(=O)C=CC2CCC(O)CC2)[C@H]1O[C@H]1O[C@@H](CO)[C@H](O)[C@H](O)[C@H]1O. The number of fused-ring (bicyclic) bond motifs is 1. The van der Waals surface area contributed by atoms with Crippen molar-refractivity contribution in [2.45, 2.75) is 343 Å². The van der Waals surface area contributed by atoms with Gasteiger partial charge in [-0.3, -0.25) is 9.59 Å². The molecule has 0 radical (unpaired) electrons. The monoisotopic (exact) mass is 1690 g/mol. The maximum absolute atomic E-state index is 14.1. The molecule has 0 aromatic carbocycles. The summed E-state index contributed by atoms with van der Waals surface area (Å²) in [5.41, 5.74) is 0. The number of carboxylic acid groups (broad SMARTS) is 1. The predicted octanol–water partition coefficient (Wildman–Crippen LogP) is -8.78.